The molecule has 1 amide bonds. The maximum atomic E-state index is 12.1. The molecule has 1 aliphatic rings. The highest BCUT2D eigenvalue weighted by atomic mass is 19.4. The van der Waals surface area contributed by atoms with E-state index in [1.54, 1.807) is 4.90 Å². The number of halogens is 3. The third kappa shape index (κ3) is 4.16. The Balaban J connectivity index is 2.52. The summed E-state index contributed by atoms with van der Waals surface area (Å²) in [5.41, 5.74) is -0.915. The molecule has 0 spiro atoms. The maximum absolute atomic E-state index is 12.1. The van der Waals surface area contributed by atoms with Gasteiger partial charge in [-0.15, -0.1) is 0 Å². The highest BCUT2D eigenvalue weighted by Crippen LogP contribution is 2.24. The number of rotatable bonds is 3. The van der Waals surface area contributed by atoms with Crippen LogP contribution in [0.25, 0.3) is 0 Å². The second-order valence-corrected chi connectivity index (χ2v) is 4.41. The monoisotopic (exact) mass is 254 g/mol. The largest absolute Gasteiger partial charge is 0.401 e. The van der Waals surface area contributed by atoms with Gasteiger partial charge in [0, 0.05) is 25.6 Å². The van der Waals surface area contributed by atoms with E-state index in [2.05, 4.69) is 5.32 Å². The Labute approximate surface area is 97.8 Å². The lowest BCUT2D eigenvalue weighted by Crippen LogP contribution is -2.58. The Morgan fingerprint density at radius 3 is 2.29 bits per heavy atom. The molecule has 0 aromatic heterocycles. The number of carbonyl (C=O) groups is 1. The normalized spacial score (nSPS) is 20.4. The Bertz CT molecular complexity index is 273. The molecule has 100 valence electrons. The van der Waals surface area contributed by atoms with Crippen molar-refractivity contribution in [2.45, 2.75) is 31.5 Å². The summed E-state index contributed by atoms with van der Waals surface area (Å²) in [4.78, 5) is 12.7. The average Bonchev–Trinajstić information content (AvgIpc) is 2.26. The van der Waals surface area contributed by atoms with Crippen molar-refractivity contribution in [1.29, 1.82) is 0 Å². The molecular formula is C10H17F3N2O2. The van der Waals surface area contributed by atoms with E-state index in [9.17, 15) is 23.1 Å². The zero-order valence-electron chi connectivity index (χ0n) is 9.68. The van der Waals surface area contributed by atoms with Crippen LogP contribution in [0.4, 0.5) is 13.2 Å². The molecule has 0 aromatic carbocycles. The molecule has 0 saturated carbocycles. The summed E-state index contributed by atoms with van der Waals surface area (Å²) in [5.74, 6) is -0.0904. The number of aliphatic hydroxyl groups is 1. The van der Waals surface area contributed by atoms with Gasteiger partial charge in [0.05, 0.1) is 13.2 Å². The van der Waals surface area contributed by atoms with Crippen LogP contribution in [0.5, 0.6) is 0 Å². The number of piperidine rings is 1. The summed E-state index contributed by atoms with van der Waals surface area (Å²) in [7, 11) is 0. The molecule has 1 saturated heterocycles. The minimum Gasteiger partial charge on any atom is -0.394 e. The van der Waals surface area contributed by atoms with Gasteiger partial charge < -0.3 is 15.3 Å². The number of nitrogens with one attached hydrogen (secondary N) is 1. The molecular weight excluding hydrogens is 237 g/mol. The van der Waals surface area contributed by atoms with Gasteiger partial charge in [0.1, 0.15) is 0 Å². The van der Waals surface area contributed by atoms with Crippen LogP contribution in [0, 0.1) is 0 Å². The molecule has 0 atom stereocenters. The van der Waals surface area contributed by atoms with Gasteiger partial charge in [0.15, 0.2) is 0 Å². The van der Waals surface area contributed by atoms with Crippen molar-refractivity contribution in [2.24, 2.45) is 0 Å². The number of hydrogen-bond acceptors (Lipinski definition) is 3. The van der Waals surface area contributed by atoms with Crippen LogP contribution in [0.1, 0.15) is 19.8 Å². The van der Waals surface area contributed by atoms with Crippen LogP contribution < -0.4 is 5.32 Å². The van der Waals surface area contributed by atoms with Gasteiger partial charge in [-0.25, -0.2) is 0 Å². The Morgan fingerprint density at radius 1 is 1.41 bits per heavy atom. The quantitative estimate of drug-likeness (QED) is 0.771. The third-order valence-corrected chi connectivity index (χ3v) is 3.13. The van der Waals surface area contributed by atoms with Crippen LogP contribution in [-0.2, 0) is 4.79 Å². The summed E-state index contributed by atoms with van der Waals surface area (Å²) in [6.07, 6.45) is -3.63. The molecule has 0 bridgehead atoms. The van der Waals surface area contributed by atoms with E-state index in [1.807, 2.05) is 0 Å². The van der Waals surface area contributed by atoms with Gasteiger partial charge in [-0.1, -0.05) is 0 Å². The number of likely N-dealkylation sites (tertiary alicyclic amines) is 1. The first-order valence-electron chi connectivity index (χ1n) is 5.46. The van der Waals surface area contributed by atoms with Crippen LogP contribution in [-0.4, -0.2) is 53.9 Å². The summed E-state index contributed by atoms with van der Waals surface area (Å²) in [5, 5.41) is 11.6. The first-order valence-corrected chi connectivity index (χ1v) is 5.46. The molecule has 0 aromatic rings. The number of aliphatic hydroxyl groups excluding tert-OH is 1. The molecule has 1 aliphatic heterocycles. The maximum Gasteiger partial charge on any atom is 0.401 e. The summed E-state index contributed by atoms with van der Waals surface area (Å²) < 4.78 is 36.3. The van der Waals surface area contributed by atoms with Crippen LogP contribution in [0.2, 0.25) is 0 Å². The average molecular weight is 254 g/mol. The predicted octanol–water partition coefficient (Wildman–Crippen LogP) is 0.512. The number of alkyl halides is 3. The van der Waals surface area contributed by atoms with Gasteiger partial charge in [-0.2, -0.15) is 13.2 Å². The fourth-order valence-corrected chi connectivity index (χ4v) is 1.93. The lowest BCUT2D eigenvalue weighted by Gasteiger charge is -2.41. The SMILES string of the molecule is CC(=O)N1CCC(CO)(NCC(F)(F)F)CC1. The minimum atomic E-state index is -4.29. The first-order chi connectivity index (χ1) is 7.78. The Hall–Kier alpha value is -0.820. The van der Waals surface area contributed by atoms with Crippen molar-refractivity contribution in [2.75, 3.05) is 26.2 Å². The van der Waals surface area contributed by atoms with Gasteiger partial charge in [-0.05, 0) is 12.8 Å². The van der Waals surface area contributed by atoms with Crippen molar-refractivity contribution in [3.63, 3.8) is 0 Å². The standard InChI is InChI=1S/C10H17F3N2O2/c1-8(17)15-4-2-9(7-16,3-5-15)14-6-10(11,12)13/h14,16H,2-7H2,1H3. The summed E-state index contributed by atoms with van der Waals surface area (Å²) >= 11 is 0. The number of hydrogen-bond donors (Lipinski definition) is 2. The van der Waals surface area contributed by atoms with Crippen molar-refractivity contribution in [3.8, 4) is 0 Å². The number of nitrogens with zero attached hydrogens (tertiary/aromatic N) is 1. The van der Waals surface area contributed by atoms with E-state index >= 15 is 0 Å². The van der Waals surface area contributed by atoms with E-state index in [0.29, 0.717) is 25.9 Å². The predicted molar refractivity (Wildman–Crippen MR) is 55.4 cm³/mol. The molecule has 2 N–H and O–H groups in total. The van der Waals surface area contributed by atoms with Crippen LogP contribution >= 0.6 is 0 Å². The molecule has 1 heterocycles. The second-order valence-electron chi connectivity index (χ2n) is 4.41. The lowest BCUT2D eigenvalue weighted by molar-refractivity contribution is -0.136. The highest BCUT2D eigenvalue weighted by molar-refractivity contribution is 5.73. The summed E-state index contributed by atoms with van der Waals surface area (Å²) in [6.45, 7) is 0.707. The highest BCUT2D eigenvalue weighted by Gasteiger charge is 2.38. The van der Waals surface area contributed by atoms with E-state index < -0.39 is 18.3 Å². The molecule has 17 heavy (non-hydrogen) atoms. The smallest absolute Gasteiger partial charge is 0.394 e. The van der Waals surface area contributed by atoms with Crippen molar-refractivity contribution in [1.82, 2.24) is 10.2 Å². The van der Waals surface area contributed by atoms with E-state index in [1.165, 1.54) is 6.92 Å². The molecule has 0 radical (unpaired) electrons. The number of carbonyl (C=O) groups excluding carboxylic acids is 1. The van der Waals surface area contributed by atoms with Crippen molar-refractivity contribution in [3.05, 3.63) is 0 Å². The number of amides is 1. The molecule has 1 rings (SSSR count). The molecule has 1 fully saturated rings. The van der Waals surface area contributed by atoms with Gasteiger partial charge in [0.2, 0.25) is 5.91 Å². The van der Waals surface area contributed by atoms with E-state index in [-0.39, 0.29) is 12.5 Å². The third-order valence-electron chi connectivity index (χ3n) is 3.13. The minimum absolute atomic E-state index is 0.0904. The summed E-state index contributed by atoms with van der Waals surface area (Å²) in [6, 6.07) is 0. The Morgan fingerprint density at radius 2 is 1.94 bits per heavy atom. The van der Waals surface area contributed by atoms with Crippen LogP contribution in [0.15, 0.2) is 0 Å². The molecule has 4 nitrogen and oxygen atoms in total. The first kappa shape index (κ1) is 14.2. The van der Waals surface area contributed by atoms with Crippen molar-refractivity contribution >= 4 is 5.91 Å². The zero-order valence-corrected chi connectivity index (χ0v) is 9.68. The van der Waals surface area contributed by atoms with Gasteiger partial charge >= 0.3 is 6.18 Å². The lowest BCUT2D eigenvalue weighted by atomic mass is 9.88. The zero-order chi connectivity index (χ0) is 13.1. The Kier molecular flexibility index (Phi) is 4.37. The van der Waals surface area contributed by atoms with Gasteiger partial charge in [0.25, 0.3) is 0 Å². The molecule has 7 heteroatoms. The van der Waals surface area contributed by atoms with E-state index in [0.717, 1.165) is 0 Å². The topological polar surface area (TPSA) is 52.6 Å². The second kappa shape index (κ2) is 5.22. The van der Waals surface area contributed by atoms with Gasteiger partial charge in [-0.3, -0.25) is 4.79 Å². The molecule has 0 unspecified atom stereocenters. The molecule has 0 aliphatic carbocycles. The van der Waals surface area contributed by atoms with Crippen molar-refractivity contribution < 1.29 is 23.1 Å². The fraction of sp³-hybridized carbons (Fsp3) is 0.900. The van der Waals surface area contributed by atoms with Crippen LogP contribution in [0.3, 0.4) is 0 Å². The fourth-order valence-electron chi connectivity index (χ4n) is 1.93. The van der Waals surface area contributed by atoms with E-state index in [4.69, 9.17) is 0 Å².